The third-order valence-corrected chi connectivity index (χ3v) is 6.78. The summed E-state index contributed by atoms with van der Waals surface area (Å²) in [6.07, 6.45) is 0. The molecule has 41 heavy (non-hydrogen) atoms. The maximum absolute atomic E-state index is 13.2. The van der Waals surface area contributed by atoms with Crippen molar-refractivity contribution < 1.29 is 23.9 Å². The van der Waals surface area contributed by atoms with Crippen LogP contribution in [0, 0.1) is 0 Å². The van der Waals surface area contributed by atoms with Gasteiger partial charge in [0.2, 0.25) is 0 Å². The van der Waals surface area contributed by atoms with E-state index < -0.39 is 11.8 Å². The number of carbonyl (C=O) groups is 3. The van der Waals surface area contributed by atoms with Crippen LogP contribution in [0.3, 0.4) is 0 Å². The van der Waals surface area contributed by atoms with Crippen LogP contribution in [0.15, 0.2) is 108 Å². The lowest BCUT2D eigenvalue weighted by atomic mass is 10.1. The van der Waals surface area contributed by atoms with Gasteiger partial charge in [-0.1, -0.05) is 53.5 Å². The molecule has 1 aliphatic heterocycles. The highest BCUT2D eigenvalue weighted by atomic mass is 35.5. The predicted octanol–water partition coefficient (Wildman–Crippen LogP) is 6.62. The van der Waals surface area contributed by atoms with Gasteiger partial charge in [-0.3, -0.25) is 14.4 Å². The number of anilines is 3. The number of nitrogens with one attached hydrogen (secondary N) is 2. The van der Waals surface area contributed by atoms with Gasteiger partial charge in [0.25, 0.3) is 17.7 Å². The Morgan fingerprint density at radius 2 is 1.56 bits per heavy atom. The van der Waals surface area contributed by atoms with E-state index in [4.69, 9.17) is 32.7 Å². The Bertz CT molecular complexity index is 1650. The molecule has 10 heteroatoms. The van der Waals surface area contributed by atoms with Crippen molar-refractivity contribution in [3.63, 3.8) is 0 Å². The average Bonchev–Trinajstić information content (AvgIpc) is 3.20. The van der Waals surface area contributed by atoms with Gasteiger partial charge in [0.05, 0.1) is 12.8 Å². The van der Waals surface area contributed by atoms with Crippen LogP contribution in [0.2, 0.25) is 5.02 Å². The minimum Gasteiger partial charge on any atom is -0.495 e. The monoisotopic (exact) mass is 587 g/mol. The lowest BCUT2D eigenvalue weighted by Crippen LogP contribution is -2.32. The number of imide groups is 1. The number of hydrogen-bond acceptors (Lipinski definition) is 6. The third kappa shape index (κ3) is 6.19. The molecule has 1 aliphatic rings. The number of amides is 3. The quantitative estimate of drug-likeness (QED) is 0.214. The number of para-hydroxylation sites is 2. The molecule has 3 amide bonds. The molecule has 2 N–H and O–H groups in total. The van der Waals surface area contributed by atoms with Crippen molar-refractivity contribution in [3.05, 3.63) is 124 Å². The second-order valence-electron chi connectivity index (χ2n) is 8.91. The molecular formula is C31H23Cl2N3O5. The van der Waals surface area contributed by atoms with Crippen LogP contribution >= 0.6 is 23.2 Å². The van der Waals surface area contributed by atoms with Gasteiger partial charge < -0.3 is 20.1 Å². The van der Waals surface area contributed by atoms with Gasteiger partial charge in [0.1, 0.15) is 28.8 Å². The maximum atomic E-state index is 13.2. The maximum Gasteiger partial charge on any atom is 0.283 e. The normalized spacial score (nSPS) is 12.9. The first-order valence-corrected chi connectivity index (χ1v) is 13.2. The molecule has 8 nitrogen and oxygen atoms in total. The Hall–Kier alpha value is -4.79. The summed E-state index contributed by atoms with van der Waals surface area (Å²) in [6, 6.07) is 27.5. The number of halogens is 2. The van der Waals surface area contributed by atoms with Gasteiger partial charge in [-0.2, -0.15) is 0 Å². The summed E-state index contributed by atoms with van der Waals surface area (Å²) in [6.45, 7) is 0.383. The molecule has 5 rings (SSSR count). The molecule has 0 spiro atoms. The summed E-state index contributed by atoms with van der Waals surface area (Å²) in [4.78, 5) is 39.9. The van der Waals surface area contributed by atoms with Crippen LogP contribution < -0.4 is 25.0 Å². The van der Waals surface area contributed by atoms with E-state index in [0.717, 1.165) is 10.5 Å². The first kappa shape index (κ1) is 27.8. The van der Waals surface area contributed by atoms with Crippen LogP contribution in [0.1, 0.15) is 15.9 Å². The highest BCUT2D eigenvalue weighted by Crippen LogP contribution is 2.35. The summed E-state index contributed by atoms with van der Waals surface area (Å²) in [5.74, 6) is -0.698. The molecule has 4 aromatic carbocycles. The fourth-order valence-electron chi connectivity index (χ4n) is 4.11. The Labute approximate surface area is 246 Å². The first-order chi connectivity index (χ1) is 19.8. The summed E-state index contributed by atoms with van der Waals surface area (Å²) in [5.41, 5.74) is 2.45. The molecule has 0 bridgehead atoms. The van der Waals surface area contributed by atoms with E-state index in [0.29, 0.717) is 40.1 Å². The van der Waals surface area contributed by atoms with Crippen molar-refractivity contribution in [2.24, 2.45) is 0 Å². The molecule has 0 atom stereocenters. The molecule has 0 unspecified atom stereocenters. The number of rotatable bonds is 9. The zero-order chi connectivity index (χ0) is 28.9. The molecule has 0 saturated heterocycles. The summed E-state index contributed by atoms with van der Waals surface area (Å²) >= 11 is 12.2. The Balaban J connectivity index is 1.24. The van der Waals surface area contributed by atoms with Crippen LogP contribution in [-0.2, 0) is 16.2 Å². The zero-order valence-electron chi connectivity index (χ0n) is 21.7. The fraction of sp³-hybridized carbons (Fsp3) is 0.0645. The summed E-state index contributed by atoms with van der Waals surface area (Å²) in [5, 5.41) is 6.12. The first-order valence-electron chi connectivity index (χ1n) is 12.4. The van der Waals surface area contributed by atoms with Crippen molar-refractivity contribution in [1.29, 1.82) is 0 Å². The SMILES string of the molecule is COc1ccccc1N1C(=O)C(Cl)=C(Nc2cccc(C(=O)Nc3ccc(OCc4ccc(Cl)cc4)cc3)c2)C1=O. The van der Waals surface area contributed by atoms with E-state index in [1.807, 2.05) is 12.1 Å². The number of ether oxygens (including phenoxy) is 2. The van der Waals surface area contributed by atoms with Crippen LogP contribution in [-0.4, -0.2) is 24.8 Å². The second kappa shape index (κ2) is 12.2. The predicted molar refractivity (Wildman–Crippen MR) is 159 cm³/mol. The largest absolute Gasteiger partial charge is 0.495 e. The molecule has 4 aromatic rings. The van der Waals surface area contributed by atoms with Gasteiger partial charge in [-0.15, -0.1) is 0 Å². The zero-order valence-corrected chi connectivity index (χ0v) is 23.2. The molecule has 0 aliphatic carbocycles. The van der Waals surface area contributed by atoms with Crippen LogP contribution in [0.5, 0.6) is 11.5 Å². The second-order valence-corrected chi connectivity index (χ2v) is 9.72. The van der Waals surface area contributed by atoms with Gasteiger partial charge in [0, 0.05) is 22.0 Å². The van der Waals surface area contributed by atoms with Gasteiger partial charge >= 0.3 is 0 Å². The Morgan fingerprint density at radius 1 is 0.829 bits per heavy atom. The standard InChI is InChI=1S/C31H23Cl2N3O5/c1-40-26-8-3-2-7-25(26)36-30(38)27(33)28(31(36)39)34-23-6-4-5-20(17-23)29(37)35-22-13-15-24(16-14-22)41-18-19-9-11-21(32)12-10-19/h2-17,34H,18H2,1H3,(H,35,37). The summed E-state index contributed by atoms with van der Waals surface area (Å²) < 4.78 is 11.1. The molecule has 206 valence electrons. The van der Waals surface area contributed by atoms with Crippen molar-refractivity contribution in [2.75, 3.05) is 22.6 Å². The van der Waals surface area contributed by atoms with Gasteiger partial charge in [-0.25, -0.2) is 4.90 Å². The Morgan fingerprint density at radius 3 is 2.29 bits per heavy atom. The number of benzene rings is 4. The van der Waals surface area contributed by atoms with E-state index in [9.17, 15) is 14.4 Å². The third-order valence-electron chi connectivity index (χ3n) is 6.18. The highest BCUT2D eigenvalue weighted by Gasteiger charge is 2.40. The average molecular weight is 588 g/mol. The van der Waals surface area contributed by atoms with Crippen molar-refractivity contribution >= 4 is 58.0 Å². The van der Waals surface area contributed by atoms with Gasteiger partial charge in [0.15, 0.2) is 0 Å². The van der Waals surface area contributed by atoms with E-state index in [-0.39, 0.29) is 22.3 Å². The van der Waals surface area contributed by atoms with Crippen LogP contribution in [0.4, 0.5) is 17.1 Å². The minimum absolute atomic E-state index is 0.102. The Kier molecular flexibility index (Phi) is 8.24. The van der Waals surface area contributed by atoms with Crippen LogP contribution in [0.25, 0.3) is 0 Å². The lowest BCUT2D eigenvalue weighted by molar-refractivity contribution is -0.120. The lowest BCUT2D eigenvalue weighted by Gasteiger charge is -2.18. The molecule has 0 aromatic heterocycles. The smallest absolute Gasteiger partial charge is 0.283 e. The van der Waals surface area contributed by atoms with E-state index in [2.05, 4.69) is 10.6 Å². The van der Waals surface area contributed by atoms with Crippen molar-refractivity contribution in [2.45, 2.75) is 6.61 Å². The summed E-state index contributed by atoms with van der Waals surface area (Å²) in [7, 11) is 1.44. The topological polar surface area (TPSA) is 97.0 Å². The molecular weight excluding hydrogens is 565 g/mol. The molecule has 1 heterocycles. The van der Waals surface area contributed by atoms with E-state index in [1.165, 1.54) is 7.11 Å². The fourth-order valence-corrected chi connectivity index (χ4v) is 4.45. The highest BCUT2D eigenvalue weighted by molar-refractivity contribution is 6.53. The number of carbonyl (C=O) groups excluding carboxylic acids is 3. The molecule has 0 radical (unpaired) electrons. The van der Waals surface area contributed by atoms with E-state index >= 15 is 0 Å². The van der Waals surface area contributed by atoms with Crippen molar-refractivity contribution in [3.8, 4) is 11.5 Å². The molecule has 0 saturated carbocycles. The van der Waals surface area contributed by atoms with Gasteiger partial charge in [-0.05, 0) is 72.3 Å². The molecule has 0 fully saturated rings. The number of nitrogens with zero attached hydrogens (tertiary/aromatic N) is 1. The number of methoxy groups -OCH3 is 1. The number of hydrogen-bond donors (Lipinski definition) is 2. The van der Waals surface area contributed by atoms with E-state index in [1.54, 1.807) is 84.9 Å². The van der Waals surface area contributed by atoms with Crippen molar-refractivity contribution in [1.82, 2.24) is 0 Å². The minimum atomic E-state index is -0.682.